The lowest BCUT2D eigenvalue weighted by Gasteiger charge is -2.23. The van der Waals surface area contributed by atoms with Gasteiger partial charge in [-0.25, -0.2) is 0 Å². The molecule has 2 fully saturated rings. The highest BCUT2D eigenvalue weighted by atomic mass is 32.2. The summed E-state index contributed by atoms with van der Waals surface area (Å²) in [7, 11) is -3.59. The second-order valence-corrected chi connectivity index (χ2v) is 6.85. The summed E-state index contributed by atoms with van der Waals surface area (Å²) < 4.78 is 48.5. The quantitative estimate of drug-likeness (QED) is 0.519. The van der Waals surface area contributed by atoms with E-state index in [1.54, 1.807) is 13.8 Å². The topological polar surface area (TPSA) is 97.4 Å². The van der Waals surface area contributed by atoms with Crippen molar-refractivity contribution in [2.75, 3.05) is 12.9 Å². The van der Waals surface area contributed by atoms with E-state index >= 15 is 0 Å². The first-order chi connectivity index (χ1) is 9.07. The van der Waals surface area contributed by atoms with Crippen LogP contribution in [0.1, 0.15) is 20.8 Å². The van der Waals surface area contributed by atoms with E-state index in [-0.39, 0.29) is 6.61 Å². The Labute approximate surface area is 117 Å². The predicted molar refractivity (Wildman–Crippen MR) is 65.0 cm³/mol. The van der Waals surface area contributed by atoms with Crippen LogP contribution in [0.25, 0.3) is 0 Å². The number of carbonyl (C=O) groups excluding carboxylic acids is 1. The third kappa shape index (κ3) is 3.67. The molecule has 0 aliphatic carbocycles. The summed E-state index contributed by atoms with van der Waals surface area (Å²) >= 11 is 0. The molecule has 20 heavy (non-hydrogen) atoms. The third-order valence-corrected chi connectivity index (χ3v) is 3.40. The molecule has 4 atom stereocenters. The Morgan fingerprint density at radius 3 is 2.40 bits per heavy atom. The molecule has 0 aromatic carbocycles. The molecule has 2 heterocycles. The summed E-state index contributed by atoms with van der Waals surface area (Å²) in [6.07, 6.45) is -1.86. The maximum atomic E-state index is 11.0. The molecule has 0 radical (unpaired) electrons. The molecule has 2 aliphatic rings. The summed E-state index contributed by atoms with van der Waals surface area (Å²) in [4.78, 5) is 11.0. The van der Waals surface area contributed by atoms with Gasteiger partial charge in [-0.2, -0.15) is 8.42 Å². The fraction of sp³-hybridized carbons (Fsp3) is 0.909. The number of carbonyl (C=O) groups is 1. The first-order valence-electron chi connectivity index (χ1n) is 6.10. The van der Waals surface area contributed by atoms with Crippen LogP contribution in [0.15, 0.2) is 0 Å². The molecular formula is C11H18O8S. The van der Waals surface area contributed by atoms with E-state index in [0.717, 1.165) is 6.26 Å². The van der Waals surface area contributed by atoms with Crippen molar-refractivity contribution in [2.24, 2.45) is 0 Å². The van der Waals surface area contributed by atoms with Crippen molar-refractivity contribution in [3.05, 3.63) is 0 Å². The minimum absolute atomic E-state index is 0.225. The highest BCUT2D eigenvalue weighted by Crippen LogP contribution is 2.39. The number of hydrogen-bond donors (Lipinski definition) is 0. The smallest absolute Gasteiger partial charge is 0.305 e. The zero-order chi connectivity index (χ0) is 15.1. The molecule has 0 aromatic heterocycles. The maximum absolute atomic E-state index is 11.0. The second kappa shape index (κ2) is 5.23. The van der Waals surface area contributed by atoms with Gasteiger partial charge < -0.3 is 18.9 Å². The Balaban J connectivity index is 2.08. The van der Waals surface area contributed by atoms with E-state index in [1.165, 1.54) is 6.92 Å². The SMILES string of the molecule is CC(=O)O[C@H]1O[C@H](COS(C)(=O)=O)[C@H]2OC(C)(C)O[C@@H]12. The van der Waals surface area contributed by atoms with E-state index in [0.29, 0.717) is 0 Å². The average molecular weight is 310 g/mol. The normalized spacial score (nSPS) is 35.8. The van der Waals surface area contributed by atoms with Crippen molar-refractivity contribution in [3.63, 3.8) is 0 Å². The Morgan fingerprint density at radius 1 is 1.25 bits per heavy atom. The third-order valence-electron chi connectivity index (χ3n) is 2.84. The molecule has 9 heteroatoms. The molecule has 2 rings (SSSR count). The minimum Gasteiger partial charge on any atom is -0.433 e. The van der Waals surface area contributed by atoms with Crippen LogP contribution in [0.4, 0.5) is 0 Å². The van der Waals surface area contributed by atoms with Crippen LogP contribution >= 0.6 is 0 Å². The molecule has 8 nitrogen and oxygen atoms in total. The fourth-order valence-corrected chi connectivity index (χ4v) is 2.61. The molecule has 116 valence electrons. The van der Waals surface area contributed by atoms with Gasteiger partial charge in [-0.3, -0.25) is 8.98 Å². The molecule has 0 unspecified atom stereocenters. The summed E-state index contributed by atoms with van der Waals surface area (Å²) in [5.41, 5.74) is 0. The largest absolute Gasteiger partial charge is 0.433 e. The minimum atomic E-state index is -3.59. The number of hydrogen-bond acceptors (Lipinski definition) is 8. The van der Waals surface area contributed by atoms with Gasteiger partial charge in [-0.15, -0.1) is 0 Å². The lowest BCUT2D eigenvalue weighted by molar-refractivity contribution is -0.232. The molecule has 0 saturated carbocycles. The molecular weight excluding hydrogens is 292 g/mol. The predicted octanol–water partition coefficient (Wildman–Crippen LogP) is -0.229. The van der Waals surface area contributed by atoms with Crippen LogP contribution in [0.2, 0.25) is 0 Å². The van der Waals surface area contributed by atoms with Gasteiger partial charge in [-0.1, -0.05) is 0 Å². The van der Waals surface area contributed by atoms with Crippen LogP contribution in [0.3, 0.4) is 0 Å². The van der Waals surface area contributed by atoms with E-state index in [9.17, 15) is 13.2 Å². The van der Waals surface area contributed by atoms with Crippen LogP contribution < -0.4 is 0 Å². The fourth-order valence-electron chi connectivity index (χ4n) is 2.23. The van der Waals surface area contributed by atoms with E-state index in [2.05, 4.69) is 0 Å². The summed E-state index contributed by atoms with van der Waals surface area (Å²) in [5.74, 6) is -1.38. The molecule has 0 bridgehead atoms. The summed E-state index contributed by atoms with van der Waals surface area (Å²) in [6, 6.07) is 0. The zero-order valence-electron chi connectivity index (χ0n) is 11.7. The Bertz CT molecular complexity index is 485. The van der Waals surface area contributed by atoms with Crippen molar-refractivity contribution in [2.45, 2.75) is 51.2 Å². The van der Waals surface area contributed by atoms with Crippen LogP contribution in [-0.4, -0.2) is 57.6 Å². The molecule has 0 amide bonds. The highest BCUT2D eigenvalue weighted by Gasteiger charge is 2.56. The lowest BCUT2D eigenvalue weighted by atomic mass is 10.1. The second-order valence-electron chi connectivity index (χ2n) is 5.21. The number of esters is 1. The van der Waals surface area contributed by atoms with E-state index < -0.39 is 46.5 Å². The van der Waals surface area contributed by atoms with Gasteiger partial charge in [0.1, 0.15) is 12.2 Å². The molecule has 0 aromatic rings. The van der Waals surface area contributed by atoms with Crippen molar-refractivity contribution in [1.29, 1.82) is 0 Å². The van der Waals surface area contributed by atoms with Crippen molar-refractivity contribution < 1.29 is 36.3 Å². The van der Waals surface area contributed by atoms with Gasteiger partial charge in [0.05, 0.1) is 12.9 Å². The average Bonchev–Trinajstić information content (AvgIpc) is 2.69. The molecule has 2 aliphatic heterocycles. The number of fused-ring (bicyclic) bond motifs is 1. The lowest BCUT2D eigenvalue weighted by Crippen LogP contribution is -2.33. The van der Waals surface area contributed by atoms with Crippen LogP contribution in [0, 0.1) is 0 Å². The summed E-state index contributed by atoms with van der Waals surface area (Å²) in [5, 5.41) is 0. The van der Waals surface area contributed by atoms with Gasteiger partial charge >= 0.3 is 5.97 Å². The van der Waals surface area contributed by atoms with Crippen molar-refractivity contribution in [1.82, 2.24) is 0 Å². The number of ether oxygens (including phenoxy) is 4. The van der Waals surface area contributed by atoms with Crippen molar-refractivity contribution >= 4 is 16.1 Å². The van der Waals surface area contributed by atoms with Crippen LogP contribution in [0.5, 0.6) is 0 Å². The molecule has 0 N–H and O–H groups in total. The molecule has 0 spiro atoms. The first-order valence-corrected chi connectivity index (χ1v) is 7.92. The van der Waals surface area contributed by atoms with E-state index in [4.69, 9.17) is 23.1 Å². The monoisotopic (exact) mass is 310 g/mol. The van der Waals surface area contributed by atoms with Gasteiger partial charge in [-0.05, 0) is 13.8 Å². The summed E-state index contributed by atoms with van der Waals surface area (Å²) in [6.45, 7) is 4.45. The van der Waals surface area contributed by atoms with Crippen LogP contribution in [-0.2, 0) is 38.0 Å². The first kappa shape index (κ1) is 15.6. The maximum Gasteiger partial charge on any atom is 0.305 e. The Morgan fingerprint density at radius 2 is 1.85 bits per heavy atom. The van der Waals surface area contributed by atoms with Gasteiger partial charge in [0.25, 0.3) is 10.1 Å². The highest BCUT2D eigenvalue weighted by molar-refractivity contribution is 7.85. The number of rotatable bonds is 4. The van der Waals surface area contributed by atoms with E-state index in [1.807, 2.05) is 0 Å². The van der Waals surface area contributed by atoms with Gasteiger partial charge in [0.2, 0.25) is 6.29 Å². The molecule has 2 saturated heterocycles. The van der Waals surface area contributed by atoms with Gasteiger partial charge in [0.15, 0.2) is 11.9 Å². The van der Waals surface area contributed by atoms with Crippen molar-refractivity contribution in [3.8, 4) is 0 Å². The Hall–Kier alpha value is -0.740. The standard InChI is InChI=1S/C11H18O8S/c1-6(12)16-10-9-8(18-11(2,3)19-9)7(17-10)5-15-20(4,13)14/h7-10H,5H2,1-4H3/t7-,8-,9-,10+/m1/s1. The van der Waals surface area contributed by atoms with Gasteiger partial charge in [0, 0.05) is 6.92 Å². The zero-order valence-corrected chi connectivity index (χ0v) is 12.5. The Kier molecular flexibility index (Phi) is 4.09.